The highest BCUT2D eigenvalue weighted by molar-refractivity contribution is 4.94. The van der Waals surface area contributed by atoms with Crippen molar-refractivity contribution in [2.45, 2.75) is 83.5 Å². The van der Waals surface area contributed by atoms with E-state index in [4.69, 9.17) is 4.74 Å². The van der Waals surface area contributed by atoms with Crippen LogP contribution in [0.3, 0.4) is 0 Å². The van der Waals surface area contributed by atoms with Gasteiger partial charge in [0.1, 0.15) is 5.72 Å². The van der Waals surface area contributed by atoms with E-state index in [1.165, 1.54) is 38.5 Å². The van der Waals surface area contributed by atoms with Crippen molar-refractivity contribution in [1.29, 1.82) is 0 Å². The fourth-order valence-electron chi connectivity index (χ4n) is 3.60. The molecule has 0 atom stereocenters. The summed E-state index contributed by atoms with van der Waals surface area (Å²) in [5.74, 6) is 0.936. The lowest BCUT2D eigenvalue weighted by atomic mass is 9.79. The Morgan fingerprint density at radius 2 is 1.71 bits per heavy atom. The Morgan fingerprint density at radius 3 is 2.24 bits per heavy atom. The number of hydrogen-bond acceptors (Lipinski definition) is 2. The van der Waals surface area contributed by atoms with Gasteiger partial charge in [-0.05, 0) is 50.9 Å². The minimum Gasteiger partial charge on any atom is -0.354 e. The largest absolute Gasteiger partial charge is 0.354 e. The summed E-state index contributed by atoms with van der Waals surface area (Å²) >= 11 is 0. The van der Waals surface area contributed by atoms with Crippen molar-refractivity contribution in [3.63, 3.8) is 0 Å². The summed E-state index contributed by atoms with van der Waals surface area (Å²) in [6.07, 6.45) is 9.94. The Kier molecular flexibility index (Phi) is 4.14. The van der Waals surface area contributed by atoms with E-state index < -0.39 is 0 Å². The van der Waals surface area contributed by atoms with Crippen molar-refractivity contribution in [2.24, 2.45) is 5.92 Å². The predicted octanol–water partition coefficient (Wildman–Crippen LogP) is 3.85. The zero-order valence-electron chi connectivity index (χ0n) is 11.8. The summed E-state index contributed by atoms with van der Waals surface area (Å²) in [5, 5.41) is 3.68. The van der Waals surface area contributed by atoms with Gasteiger partial charge in [-0.15, -0.1) is 0 Å². The normalized spacial score (nSPS) is 37.2. The second-order valence-corrected chi connectivity index (χ2v) is 6.01. The highest BCUT2D eigenvalue weighted by Crippen LogP contribution is 2.42. The molecular formula is C15H29NO. The Labute approximate surface area is 107 Å². The molecule has 0 radical (unpaired) electrons. The molecule has 0 aromatic heterocycles. The number of ether oxygens (including phenoxy) is 1. The molecule has 1 aliphatic heterocycles. The van der Waals surface area contributed by atoms with Crippen molar-refractivity contribution >= 4 is 0 Å². The van der Waals surface area contributed by atoms with Gasteiger partial charge in [-0.3, -0.25) is 5.32 Å². The predicted molar refractivity (Wildman–Crippen MR) is 72.0 cm³/mol. The molecule has 1 saturated carbocycles. The Morgan fingerprint density at radius 1 is 1.06 bits per heavy atom. The van der Waals surface area contributed by atoms with Crippen LogP contribution in [-0.2, 0) is 4.74 Å². The third kappa shape index (κ3) is 2.68. The average Bonchev–Trinajstić information content (AvgIpc) is 2.40. The highest BCUT2D eigenvalue weighted by atomic mass is 16.5. The second-order valence-electron chi connectivity index (χ2n) is 6.01. The van der Waals surface area contributed by atoms with Gasteiger partial charge < -0.3 is 4.74 Å². The molecule has 100 valence electrons. The Bertz CT molecular complexity index is 239. The third-order valence-corrected chi connectivity index (χ3v) is 5.22. The first-order chi connectivity index (χ1) is 8.17. The topological polar surface area (TPSA) is 21.3 Å². The van der Waals surface area contributed by atoms with Crippen molar-refractivity contribution in [3.8, 4) is 0 Å². The summed E-state index contributed by atoms with van der Waals surface area (Å²) in [7, 11) is 0. The molecule has 0 amide bonds. The van der Waals surface area contributed by atoms with E-state index in [1.807, 2.05) is 0 Å². The Balaban J connectivity index is 2.01. The van der Waals surface area contributed by atoms with Crippen LogP contribution in [-0.4, -0.2) is 17.9 Å². The van der Waals surface area contributed by atoms with E-state index in [2.05, 4.69) is 26.1 Å². The zero-order chi connectivity index (χ0) is 12.4. The van der Waals surface area contributed by atoms with Gasteiger partial charge in [-0.1, -0.05) is 27.2 Å². The molecule has 2 nitrogen and oxygen atoms in total. The number of hydrogen-bond donors (Lipinski definition) is 1. The molecule has 2 heteroatoms. The maximum absolute atomic E-state index is 6.58. The van der Waals surface area contributed by atoms with Crippen LogP contribution in [0.25, 0.3) is 0 Å². The van der Waals surface area contributed by atoms with E-state index in [9.17, 15) is 0 Å². The molecule has 1 aliphatic carbocycles. The fraction of sp³-hybridized carbons (Fsp3) is 1.00. The van der Waals surface area contributed by atoms with Gasteiger partial charge in [0.25, 0.3) is 0 Å². The minimum atomic E-state index is 0.0237. The van der Waals surface area contributed by atoms with Crippen molar-refractivity contribution in [2.75, 3.05) is 6.54 Å². The zero-order valence-corrected chi connectivity index (χ0v) is 11.8. The molecular weight excluding hydrogens is 210 g/mol. The van der Waals surface area contributed by atoms with Gasteiger partial charge in [0.05, 0.1) is 5.60 Å². The first-order valence-electron chi connectivity index (χ1n) is 7.63. The molecule has 0 aromatic carbocycles. The molecule has 0 aromatic rings. The molecule has 2 rings (SSSR count). The lowest BCUT2D eigenvalue weighted by Gasteiger charge is -2.51. The van der Waals surface area contributed by atoms with E-state index in [1.54, 1.807) is 0 Å². The average molecular weight is 239 g/mol. The van der Waals surface area contributed by atoms with Crippen LogP contribution < -0.4 is 5.32 Å². The lowest BCUT2D eigenvalue weighted by molar-refractivity contribution is -0.219. The van der Waals surface area contributed by atoms with Crippen LogP contribution in [0.5, 0.6) is 0 Å². The van der Waals surface area contributed by atoms with Crippen molar-refractivity contribution in [3.05, 3.63) is 0 Å². The Hall–Kier alpha value is -0.0800. The lowest BCUT2D eigenvalue weighted by Crippen LogP contribution is -2.60. The maximum atomic E-state index is 6.58. The second kappa shape index (κ2) is 5.27. The monoisotopic (exact) mass is 239 g/mol. The van der Waals surface area contributed by atoms with Crippen molar-refractivity contribution in [1.82, 2.24) is 5.32 Å². The van der Waals surface area contributed by atoms with Crippen LogP contribution in [0.15, 0.2) is 0 Å². The van der Waals surface area contributed by atoms with E-state index in [-0.39, 0.29) is 11.3 Å². The van der Waals surface area contributed by atoms with Crippen LogP contribution in [0.2, 0.25) is 0 Å². The van der Waals surface area contributed by atoms with Crippen LogP contribution >= 0.6 is 0 Å². The van der Waals surface area contributed by atoms with Gasteiger partial charge >= 0.3 is 0 Å². The summed E-state index contributed by atoms with van der Waals surface area (Å²) in [5.41, 5.74) is 0.181. The van der Waals surface area contributed by atoms with Gasteiger partial charge in [0.2, 0.25) is 0 Å². The molecule has 2 fully saturated rings. The molecule has 17 heavy (non-hydrogen) atoms. The molecule has 2 aliphatic rings. The summed E-state index contributed by atoms with van der Waals surface area (Å²) < 4.78 is 6.58. The highest BCUT2D eigenvalue weighted by Gasteiger charge is 2.45. The summed E-state index contributed by atoms with van der Waals surface area (Å²) in [6, 6.07) is 0. The summed E-state index contributed by atoms with van der Waals surface area (Å²) in [6.45, 7) is 8.01. The summed E-state index contributed by atoms with van der Waals surface area (Å²) in [4.78, 5) is 0. The molecule has 0 unspecified atom stereocenters. The van der Waals surface area contributed by atoms with E-state index in [0.717, 1.165) is 25.3 Å². The van der Waals surface area contributed by atoms with Crippen LogP contribution in [0.4, 0.5) is 0 Å². The molecule has 1 saturated heterocycles. The number of rotatable bonds is 3. The van der Waals surface area contributed by atoms with Gasteiger partial charge in [0.15, 0.2) is 0 Å². The third-order valence-electron chi connectivity index (χ3n) is 5.22. The molecule has 1 N–H and O–H groups in total. The minimum absolute atomic E-state index is 0.0237. The van der Waals surface area contributed by atoms with Crippen LogP contribution in [0.1, 0.15) is 72.1 Å². The molecule has 1 spiro atoms. The maximum Gasteiger partial charge on any atom is 0.120 e. The van der Waals surface area contributed by atoms with Gasteiger partial charge in [-0.2, -0.15) is 0 Å². The SMILES string of the molecule is CCC1CCC2(CC1)NCCC(CC)(CC)O2. The molecule has 0 bridgehead atoms. The smallest absolute Gasteiger partial charge is 0.120 e. The van der Waals surface area contributed by atoms with Crippen LogP contribution in [0, 0.1) is 5.92 Å². The van der Waals surface area contributed by atoms with Gasteiger partial charge in [-0.25, -0.2) is 0 Å². The first-order valence-corrected chi connectivity index (χ1v) is 7.63. The van der Waals surface area contributed by atoms with Crippen molar-refractivity contribution < 1.29 is 4.74 Å². The van der Waals surface area contributed by atoms with E-state index >= 15 is 0 Å². The fourth-order valence-corrected chi connectivity index (χ4v) is 3.60. The first kappa shape index (κ1) is 13.4. The number of nitrogens with one attached hydrogen (secondary N) is 1. The quantitative estimate of drug-likeness (QED) is 0.807. The molecule has 1 heterocycles. The van der Waals surface area contributed by atoms with Gasteiger partial charge in [0, 0.05) is 6.54 Å². The van der Waals surface area contributed by atoms with E-state index in [0.29, 0.717) is 0 Å². The standard InChI is InChI=1S/C15H29NO/c1-4-13-7-9-15(10-8-13)16-12-11-14(5-2,6-3)17-15/h13,16H,4-12H2,1-3H3.